The van der Waals surface area contributed by atoms with Crippen molar-refractivity contribution >= 4 is 10.0 Å². The molecule has 0 radical (unpaired) electrons. The van der Waals surface area contributed by atoms with Gasteiger partial charge in [0.05, 0.1) is 0 Å². The zero-order chi connectivity index (χ0) is 11.6. The van der Waals surface area contributed by atoms with Gasteiger partial charge in [-0.1, -0.05) is 13.8 Å². The zero-order valence-corrected chi connectivity index (χ0v) is 10.2. The van der Waals surface area contributed by atoms with Gasteiger partial charge in [-0.05, 0) is 18.1 Å². The van der Waals surface area contributed by atoms with Crippen LogP contribution in [-0.4, -0.2) is 31.8 Å². The van der Waals surface area contributed by atoms with Crippen molar-refractivity contribution in [2.45, 2.75) is 24.7 Å². The number of nitrogens with zero attached hydrogens (tertiary/aromatic N) is 2. The van der Waals surface area contributed by atoms with Gasteiger partial charge in [-0.15, -0.1) is 0 Å². The number of pyridine rings is 1. The summed E-state index contributed by atoms with van der Waals surface area (Å²) >= 11 is 0. The number of rotatable bonds is 3. The topological polar surface area (TPSA) is 50.3 Å². The summed E-state index contributed by atoms with van der Waals surface area (Å²) in [6, 6.07) is 3.35. The van der Waals surface area contributed by atoms with Crippen LogP contribution in [0.15, 0.2) is 23.2 Å². The summed E-state index contributed by atoms with van der Waals surface area (Å²) in [7, 11) is -0.337. The maximum atomic E-state index is 11.7. The number of hydrogen-bond donors (Lipinski definition) is 0. The van der Waals surface area contributed by atoms with Crippen molar-refractivity contribution in [2.24, 2.45) is 0 Å². The molecule has 0 saturated carbocycles. The molecule has 1 aromatic heterocycles. The summed E-state index contributed by atoms with van der Waals surface area (Å²) in [5.74, 6) is 0.307. The second-order valence-corrected chi connectivity index (χ2v) is 6.01. The van der Waals surface area contributed by atoms with E-state index in [4.69, 9.17) is 0 Å². The SMILES string of the molecule is CC(C)c1ccc(S(=O)(=O)N(C)C)cn1. The monoisotopic (exact) mass is 228 g/mol. The molecular weight excluding hydrogens is 212 g/mol. The molecule has 0 aliphatic rings. The fraction of sp³-hybridized carbons (Fsp3) is 0.500. The molecule has 5 heteroatoms. The molecule has 0 spiro atoms. The molecule has 15 heavy (non-hydrogen) atoms. The van der Waals surface area contributed by atoms with E-state index in [1.807, 2.05) is 13.8 Å². The molecule has 0 aliphatic heterocycles. The van der Waals surface area contributed by atoms with Gasteiger partial charge >= 0.3 is 0 Å². The van der Waals surface area contributed by atoms with Crippen LogP contribution in [0.25, 0.3) is 0 Å². The van der Waals surface area contributed by atoms with Crippen LogP contribution in [0.4, 0.5) is 0 Å². The molecule has 0 saturated heterocycles. The Labute approximate surface area is 91.0 Å². The molecule has 0 bridgehead atoms. The highest BCUT2D eigenvalue weighted by Gasteiger charge is 2.17. The van der Waals surface area contributed by atoms with Crippen LogP contribution >= 0.6 is 0 Å². The summed E-state index contributed by atoms with van der Waals surface area (Å²) in [6.07, 6.45) is 1.41. The van der Waals surface area contributed by atoms with E-state index in [0.717, 1.165) is 5.69 Å². The van der Waals surface area contributed by atoms with E-state index < -0.39 is 10.0 Å². The fourth-order valence-corrected chi connectivity index (χ4v) is 1.94. The van der Waals surface area contributed by atoms with Crippen molar-refractivity contribution < 1.29 is 8.42 Å². The molecule has 4 nitrogen and oxygen atoms in total. The van der Waals surface area contributed by atoms with Gasteiger partial charge < -0.3 is 0 Å². The van der Waals surface area contributed by atoms with E-state index in [1.54, 1.807) is 12.1 Å². The Morgan fingerprint density at radius 2 is 1.87 bits per heavy atom. The Morgan fingerprint density at radius 3 is 2.20 bits per heavy atom. The van der Waals surface area contributed by atoms with Crippen LogP contribution < -0.4 is 0 Å². The zero-order valence-electron chi connectivity index (χ0n) is 9.43. The summed E-state index contributed by atoms with van der Waals surface area (Å²) < 4.78 is 24.6. The predicted molar refractivity (Wildman–Crippen MR) is 59.2 cm³/mol. The summed E-state index contributed by atoms with van der Waals surface area (Å²) in [5.41, 5.74) is 0.896. The van der Waals surface area contributed by atoms with E-state index in [1.165, 1.54) is 24.6 Å². The summed E-state index contributed by atoms with van der Waals surface area (Å²) in [6.45, 7) is 4.03. The van der Waals surface area contributed by atoms with E-state index in [9.17, 15) is 8.42 Å². The van der Waals surface area contributed by atoms with Crippen LogP contribution in [0.5, 0.6) is 0 Å². The third-order valence-corrected chi connectivity index (χ3v) is 3.93. The lowest BCUT2D eigenvalue weighted by Gasteiger charge is -2.11. The van der Waals surface area contributed by atoms with Crippen LogP contribution in [0.1, 0.15) is 25.5 Å². The molecule has 84 valence electrons. The number of aromatic nitrogens is 1. The highest BCUT2D eigenvalue weighted by molar-refractivity contribution is 7.89. The lowest BCUT2D eigenvalue weighted by Crippen LogP contribution is -2.22. The van der Waals surface area contributed by atoms with Crippen molar-refractivity contribution in [1.29, 1.82) is 0 Å². The first-order chi connectivity index (χ1) is 6.85. The standard InChI is InChI=1S/C10H16N2O2S/c1-8(2)10-6-5-9(7-11-10)15(13,14)12(3)4/h5-8H,1-4H3. The summed E-state index contributed by atoms with van der Waals surface area (Å²) in [5, 5.41) is 0. The van der Waals surface area contributed by atoms with Gasteiger partial charge in [0.25, 0.3) is 0 Å². The normalized spacial score (nSPS) is 12.4. The van der Waals surface area contributed by atoms with Gasteiger partial charge in [0.1, 0.15) is 4.90 Å². The van der Waals surface area contributed by atoms with Gasteiger partial charge in [-0.2, -0.15) is 0 Å². The lowest BCUT2D eigenvalue weighted by molar-refractivity contribution is 0.520. The molecule has 0 aliphatic carbocycles. The maximum absolute atomic E-state index is 11.7. The highest BCUT2D eigenvalue weighted by Crippen LogP contribution is 2.15. The third-order valence-electron chi connectivity index (χ3n) is 2.13. The van der Waals surface area contributed by atoms with Crippen LogP contribution in [0.3, 0.4) is 0 Å². The lowest BCUT2D eigenvalue weighted by atomic mass is 10.1. The quantitative estimate of drug-likeness (QED) is 0.787. The molecule has 0 amide bonds. The van der Waals surface area contributed by atoms with Crippen LogP contribution in [0, 0.1) is 0 Å². The molecule has 1 heterocycles. The van der Waals surface area contributed by atoms with Crippen molar-refractivity contribution in [3.63, 3.8) is 0 Å². The molecule has 0 fully saturated rings. The van der Waals surface area contributed by atoms with Gasteiger partial charge in [-0.3, -0.25) is 4.98 Å². The van der Waals surface area contributed by atoms with Gasteiger partial charge in [0.2, 0.25) is 10.0 Å². The van der Waals surface area contributed by atoms with Gasteiger partial charge in [0, 0.05) is 26.0 Å². The predicted octanol–water partition coefficient (Wildman–Crippen LogP) is 1.46. The van der Waals surface area contributed by atoms with Crippen molar-refractivity contribution in [3.05, 3.63) is 24.0 Å². The van der Waals surface area contributed by atoms with E-state index >= 15 is 0 Å². The van der Waals surface area contributed by atoms with Crippen LogP contribution in [0.2, 0.25) is 0 Å². The molecule has 0 N–H and O–H groups in total. The first-order valence-corrected chi connectivity index (χ1v) is 6.18. The highest BCUT2D eigenvalue weighted by atomic mass is 32.2. The minimum Gasteiger partial charge on any atom is -0.260 e. The molecule has 1 aromatic rings. The Hall–Kier alpha value is -0.940. The fourth-order valence-electron chi connectivity index (χ4n) is 1.10. The summed E-state index contributed by atoms with van der Waals surface area (Å²) in [4.78, 5) is 4.35. The minimum atomic E-state index is -3.35. The Morgan fingerprint density at radius 1 is 1.27 bits per heavy atom. The smallest absolute Gasteiger partial charge is 0.244 e. The van der Waals surface area contributed by atoms with E-state index in [2.05, 4.69) is 4.98 Å². The Balaban J connectivity index is 3.10. The van der Waals surface area contributed by atoms with Crippen molar-refractivity contribution in [1.82, 2.24) is 9.29 Å². The Kier molecular flexibility index (Phi) is 3.46. The first-order valence-electron chi connectivity index (χ1n) is 4.74. The van der Waals surface area contributed by atoms with E-state index in [-0.39, 0.29) is 4.90 Å². The second-order valence-electron chi connectivity index (χ2n) is 3.86. The number of sulfonamides is 1. The van der Waals surface area contributed by atoms with E-state index in [0.29, 0.717) is 5.92 Å². The van der Waals surface area contributed by atoms with Gasteiger partial charge in [-0.25, -0.2) is 12.7 Å². The molecule has 0 unspecified atom stereocenters. The van der Waals surface area contributed by atoms with Crippen LogP contribution in [-0.2, 0) is 10.0 Å². The largest absolute Gasteiger partial charge is 0.260 e. The molecular formula is C10H16N2O2S. The number of hydrogen-bond acceptors (Lipinski definition) is 3. The average molecular weight is 228 g/mol. The third kappa shape index (κ3) is 2.54. The second kappa shape index (κ2) is 4.28. The Bertz CT molecular complexity index is 421. The molecule has 1 rings (SSSR count). The minimum absolute atomic E-state index is 0.233. The van der Waals surface area contributed by atoms with Crippen molar-refractivity contribution in [3.8, 4) is 0 Å². The maximum Gasteiger partial charge on any atom is 0.244 e. The average Bonchev–Trinajstić information content (AvgIpc) is 2.17. The first kappa shape index (κ1) is 12.1. The van der Waals surface area contributed by atoms with Crippen molar-refractivity contribution in [2.75, 3.05) is 14.1 Å². The molecule has 0 atom stereocenters. The van der Waals surface area contributed by atoms with Gasteiger partial charge in [0.15, 0.2) is 0 Å². The molecule has 0 aromatic carbocycles.